The molecule has 18 nitrogen and oxygen atoms in total. The van der Waals surface area contributed by atoms with Crippen LogP contribution in [0, 0.1) is 11.3 Å². The Bertz CT molecular complexity index is 3110. The highest BCUT2D eigenvalue weighted by Gasteiger charge is 2.39. The molecule has 0 aromatic heterocycles. The van der Waals surface area contributed by atoms with Crippen molar-refractivity contribution in [2.75, 3.05) is 42.4 Å². The van der Waals surface area contributed by atoms with E-state index < -0.39 is 80.6 Å². The van der Waals surface area contributed by atoms with Crippen molar-refractivity contribution in [1.29, 1.82) is 0 Å². The molecule has 5 aromatic rings. The second-order valence-electron chi connectivity index (χ2n) is 17.6. The monoisotopic (exact) mass is 971 g/mol. The first-order valence-electron chi connectivity index (χ1n) is 20.4. The normalized spacial score (nSPS) is 15.6. The Morgan fingerprint density at radius 3 is 1.69 bits per heavy atom. The maximum absolute atomic E-state index is 14.1. The molecule has 2 atom stereocenters. The molecule has 0 heterocycles. The van der Waals surface area contributed by atoms with Crippen molar-refractivity contribution in [3.63, 3.8) is 0 Å². The molecule has 0 spiro atoms. The van der Waals surface area contributed by atoms with Crippen molar-refractivity contribution < 1.29 is 31.8 Å². The molecule has 7 N–H and O–H groups in total. The van der Waals surface area contributed by atoms with E-state index in [-0.39, 0.29) is 68.6 Å². The SMILES string of the molecule is CN(C)S(=O)(=O)c1c(Cl)ccc(Nc2c(N[C@@H](c3cccc(CN(C)S(=O)(=O)c4c(Cl)ccc(Nc5c(N[C@@H](C(=O)NC6CC6)C(C)(C)C)c(=O)c5=O)c4O)c3)C3CC3)c(=O)c2=O)c1O. The maximum Gasteiger partial charge on any atom is 0.253 e. The van der Waals surface area contributed by atoms with Crippen molar-refractivity contribution in [2.45, 2.75) is 80.9 Å². The fourth-order valence-electron chi connectivity index (χ4n) is 7.31. The molecular weight excluding hydrogens is 926 g/mol. The van der Waals surface area contributed by atoms with E-state index in [1.807, 2.05) is 0 Å². The Labute approximate surface area is 384 Å². The Kier molecular flexibility index (Phi) is 12.7. The largest absolute Gasteiger partial charge is 0.504 e. The number of halogens is 2. The molecule has 7 rings (SSSR count). The van der Waals surface area contributed by atoms with Gasteiger partial charge in [-0.05, 0) is 72.4 Å². The zero-order valence-corrected chi connectivity index (χ0v) is 39.1. The predicted octanol–water partition coefficient (Wildman–Crippen LogP) is 4.82. The number of nitrogens with zero attached hydrogens (tertiary/aromatic N) is 2. The van der Waals surface area contributed by atoms with E-state index in [2.05, 4.69) is 26.6 Å². The molecule has 0 bridgehead atoms. The van der Waals surface area contributed by atoms with Crippen molar-refractivity contribution in [1.82, 2.24) is 13.9 Å². The Morgan fingerprint density at radius 1 is 0.723 bits per heavy atom. The quantitative estimate of drug-likeness (QED) is 0.0459. The number of amides is 1. The third kappa shape index (κ3) is 9.19. The first kappa shape index (κ1) is 47.5. The van der Waals surface area contributed by atoms with E-state index >= 15 is 0 Å². The van der Waals surface area contributed by atoms with Gasteiger partial charge in [-0.3, -0.25) is 24.0 Å². The summed E-state index contributed by atoms with van der Waals surface area (Å²) < 4.78 is 55.9. The van der Waals surface area contributed by atoms with Crippen LogP contribution >= 0.6 is 23.2 Å². The fraction of sp³-hybridized carbons (Fsp3) is 0.372. The molecule has 0 aliphatic heterocycles. The van der Waals surface area contributed by atoms with Crippen molar-refractivity contribution in [2.24, 2.45) is 11.3 Å². The van der Waals surface area contributed by atoms with Crippen LogP contribution in [0.1, 0.15) is 63.6 Å². The summed E-state index contributed by atoms with van der Waals surface area (Å²) in [4.78, 5) is 63.3. The summed E-state index contributed by atoms with van der Waals surface area (Å²) in [6.07, 6.45) is 3.20. The molecule has 65 heavy (non-hydrogen) atoms. The van der Waals surface area contributed by atoms with Crippen molar-refractivity contribution in [3.8, 4) is 11.5 Å². The van der Waals surface area contributed by atoms with Gasteiger partial charge in [-0.1, -0.05) is 68.2 Å². The van der Waals surface area contributed by atoms with Crippen LogP contribution < -0.4 is 48.3 Å². The highest BCUT2D eigenvalue weighted by atomic mass is 35.5. The molecule has 5 aromatic carbocycles. The van der Waals surface area contributed by atoms with Gasteiger partial charge in [0.05, 0.1) is 27.5 Å². The number of sulfonamides is 2. The minimum absolute atomic E-state index is 0.0126. The van der Waals surface area contributed by atoms with Gasteiger partial charge in [0, 0.05) is 33.7 Å². The Balaban J connectivity index is 1.10. The number of nitrogens with one attached hydrogen (secondary N) is 5. The van der Waals surface area contributed by atoms with Gasteiger partial charge < -0.3 is 36.8 Å². The highest BCUT2D eigenvalue weighted by molar-refractivity contribution is 7.89. The summed E-state index contributed by atoms with van der Waals surface area (Å²) in [5.74, 6) is -1.92. The van der Waals surface area contributed by atoms with E-state index in [9.17, 15) is 51.0 Å². The molecule has 22 heteroatoms. The van der Waals surface area contributed by atoms with Crippen LogP contribution in [-0.4, -0.2) is 74.8 Å². The Hall–Kier alpha value is -5.51. The van der Waals surface area contributed by atoms with Gasteiger partial charge in [-0.15, -0.1) is 0 Å². The highest BCUT2D eigenvalue weighted by Crippen LogP contribution is 2.45. The number of phenols is 2. The van der Waals surface area contributed by atoms with Gasteiger partial charge in [0.2, 0.25) is 26.0 Å². The molecule has 2 aliphatic rings. The van der Waals surface area contributed by atoms with E-state index in [1.165, 1.54) is 45.4 Å². The number of rotatable bonds is 18. The lowest BCUT2D eigenvalue weighted by Gasteiger charge is -2.32. The number of hydrogen-bond acceptors (Lipinski definition) is 15. The minimum atomic E-state index is -4.57. The number of anilines is 6. The van der Waals surface area contributed by atoms with Crippen LogP contribution in [-0.2, 0) is 31.4 Å². The van der Waals surface area contributed by atoms with Crippen LogP contribution in [0.15, 0.2) is 77.5 Å². The number of aromatic hydroxyl groups is 2. The van der Waals surface area contributed by atoms with Crippen LogP contribution in [0.3, 0.4) is 0 Å². The maximum atomic E-state index is 14.1. The number of benzene rings is 3. The van der Waals surface area contributed by atoms with Gasteiger partial charge >= 0.3 is 0 Å². The molecule has 0 unspecified atom stereocenters. The van der Waals surface area contributed by atoms with Gasteiger partial charge in [0.25, 0.3) is 21.7 Å². The summed E-state index contributed by atoms with van der Waals surface area (Å²) >= 11 is 12.6. The lowest BCUT2D eigenvalue weighted by Crippen LogP contribution is -2.51. The topological polar surface area (TPSA) is 261 Å². The molecule has 2 fully saturated rings. The molecule has 0 saturated heterocycles. The smallest absolute Gasteiger partial charge is 0.253 e. The first-order chi connectivity index (χ1) is 30.3. The zero-order valence-electron chi connectivity index (χ0n) is 36.0. The van der Waals surface area contributed by atoms with E-state index in [0.29, 0.717) is 11.1 Å². The van der Waals surface area contributed by atoms with Gasteiger partial charge in [-0.2, -0.15) is 4.31 Å². The number of phenolic OH excluding ortho intramolecular Hbond substituents is 2. The minimum Gasteiger partial charge on any atom is -0.504 e. The summed E-state index contributed by atoms with van der Waals surface area (Å²) in [5.41, 5.74) is -4.32. The molecule has 346 valence electrons. The molecule has 1 amide bonds. The van der Waals surface area contributed by atoms with Crippen LogP contribution in [0.4, 0.5) is 34.1 Å². The standard InChI is InChI=1S/C43H47Cl2N7O11S2/c1-43(2,3)41(42(59)46-23-12-13-23)50-32-30(36(56)38(32)58)48-27-17-15-25(45)40(34(27)54)65(62,63)52(6)19-20-8-7-9-22(18-20)28(21-10-11-21)49-31-29(35(55)37(31)57)47-26-16-14-24(44)39(33(26)53)64(60,61)51(4)5/h7-9,14-18,21,23,28,41,47-50,53-54H,10-13,19H2,1-6H3,(H,46,59)/t28-,41+/m1/s1. The van der Waals surface area contributed by atoms with Crippen molar-refractivity contribution >= 4 is 83.3 Å². The fourth-order valence-corrected chi connectivity index (χ4v) is 10.5. The average molecular weight is 973 g/mol. The first-order valence-corrected chi connectivity index (χ1v) is 24.0. The molecule has 2 saturated carbocycles. The van der Waals surface area contributed by atoms with Gasteiger partial charge in [-0.25, -0.2) is 21.1 Å². The van der Waals surface area contributed by atoms with E-state index in [0.717, 1.165) is 34.3 Å². The predicted molar refractivity (Wildman–Crippen MR) is 249 cm³/mol. The lowest BCUT2D eigenvalue weighted by molar-refractivity contribution is -0.124. The molecular formula is C43H47Cl2N7O11S2. The summed E-state index contributed by atoms with van der Waals surface area (Å²) in [5, 5.41) is 36.1. The van der Waals surface area contributed by atoms with Crippen LogP contribution in [0.25, 0.3) is 0 Å². The third-order valence-corrected chi connectivity index (χ3v) is 16.0. The van der Waals surface area contributed by atoms with Crippen molar-refractivity contribution in [3.05, 3.63) is 111 Å². The van der Waals surface area contributed by atoms with E-state index in [1.54, 1.807) is 45.0 Å². The van der Waals surface area contributed by atoms with Gasteiger partial charge in [0.15, 0.2) is 11.5 Å². The summed E-state index contributed by atoms with van der Waals surface area (Å²) in [7, 11) is -5.00. The number of carbonyl (C=O) groups excluding carboxylic acids is 1. The molecule has 2 aliphatic carbocycles. The molecule has 0 radical (unpaired) electrons. The van der Waals surface area contributed by atoms with Gasteiger partial charge in [0.1, 0.15) is 38.6 Å². The average Bonchev–Trinajstić information content (AvgIpc) is 4.18. The second-order valence-corrected chi connectivity index (χ2v) is 22.5. The second kappa shape index (κ2) is 17.4. The van der Waals surface area contributed by atoms with E-state index in [4.69, 9.17) is 23.2 Å². The number of hydrogen-bond donors (Lipinski definition) is 7. The lowest BCUT2D eigenvalue weighted by atomic mass is 9.85. The zero-order chi connectivity index (χ0) is 47.7. The number of carbonyl (C=O) groups is 1. The summed E-state index contributed by atoms with van der Waals surface area (Å²) in [6, 6.07) is 10.4. The summed E-state index contributed by atoms with van der Waals surface area (Å²) in [6.45, 7) is 5.14. The Morgan fingerprint density at radius 2 is 1.22 bits per heavy atom. The van der Waals surface area contributed by atoms with Crippen LogP contribution in [0.5, 0.6) is 11.5 Å². The third-order valence-electron chi connectivity index (χ3n) is 11.4. The van der Waals surface area contributed by atoms with Crippen LogP contribution in [0.2, 0.25) is 10.0 Å².